The Balaban J connectivity index is 2.46. The summed E-state index contributed by atoms with van der Waals surface area (Å²) < 4.78 is 7.03. The van der Waals surface area contributed by atoms with Crippen LogP contribution in [0.2, 0.25) is 0 Å². The first-order valence-electron chi connectivity index (χ1n) is 4.60. The van der Waals surface area contributed by atoms with Gasteiger partial charge in [0.15, 0.2) is 0 Å². The summed E-state index contributed by atoms with van der Waals surface area (Å²) in [4.78, 5) is 11.6. The Bertz CT molecular complexity index is 549. The molecule has 0 aliphatic rings. The van der Waals surface area contributed by atoms with Crippen molar-refractivity contribution in [1.29, 1.82) is 0 Å². The zero-order valence-corrected chi connectivity index (χ0v) is 10.1. The predicted octanol–water partition coefficient (Wildman–Crippen LogP) is 2.00. The van der Waals surface area contributed by atoms with Crippen LogP contribution in [0.5, 0.6) is 5.75 Å². The average Bonchev–Trinajstić information content (AvgIpc) is 2.29. The van der Waals surface area contributed by atoms with E-state index in [1.807, 2.05) is 0 Å². The van der Waals surface area contributed by atoms with E-state index in [4.69, 9.17) is 4.74 Å². The molecule has 1 aromatic heterocycles. The smallest absolute Gasteiger partial charge is 0.272 e. The van der Waals surface area contributed by atoms with E-state index < -0.39 is 0 Å². The normalized spacial score (nSPS) is 10.1. The fourth-order valence-electron chi connectivity index (χ4n) is 1.30. The van der Waals surface area contributed by atoms with Gasteiger partial charge in [-0.3, -0.25) is 4.79 Å². The topological polar surface area (TPSA) is 44.1 Å². The zero-order valence-electron chi connectivity index (χ0n) is 8.55. The summed E-state index contributed by atoms with van der Waals surface area (Å²) in [6, 6.07) is 8.59. The van der Waals surface area contributed by atoms with E-state index in [2.05, 4.69) is 21.0 Å². The summed E-state index contributed by atoms with van der Waals surface area (Å²) >= 11 is 3.20. The van der Waals surface area contributed by atoms with Crippen LogP contribution >= 0.6 is 15.9 Å². The van der Waals surface area contributed by atoms with Gasteiger partial charge in [-0.25, -0.2) is 0 Å². The van der Waals surface area contributed by atoms with Crippen molar-refractivity contribution in [2.75, 3.05) is 7.11 Å². The monoisotopic (exact) mass is 280 g/mol. The second kappa shape index (κ2) is 4.49. The minimum atomic E-state index is -0.181. The molecule has 2 rings (SSSR count). The minimum absolute atomic E-state index is 0.181. The number of halogens is 1. The minimum Gasteiger partial charge on any atom is -0.497 e. The molecule has 0 spiro atoms. The number of nitrogens with zero attached hydrogens (tertiary/aromatic N) is 2. The Hall–Kier alpha value is -1.62. The lowest BCUT2D eigenvalue weighted by molar-refractivity contribution is 0.414. The molecule has 0 saturated heterocycles. The summed E-state index contributed by atoms with van der Waals surface area (Å²) in [6.07, 6.45) is 1.58. The van der Waals surface area contributed by atoms with Gasteiger partial charge in [-0.1, -0.05) is 0 Å². The lowest BCUT2D eigenvalue weighted by Crippen LogP contribution is -2.19. The van der Waals surface area contributed by atoms with E-state index in [0.29, 0.717) is 10.2 Å². The molecule has 0 fully saturated rings. The first-order valence-corrected chi connectivity index (χ1v) is 5.39. The Morgan fingerprint density at radius 2 is 2.00 bits per heavy atom. The Labute approximate surface area is 101 Å². The van der Waals surface area contributed by atoms with Crippen molar-refractivity contribution in [3.8, 4) is 11.4 Å². The molecule has 0 N–H and O–H groups in total. The van der Waals surface area contributed by atoms with Gasteiger partial charge in [0, 0.05) is 10.5 Å². The van der Waals surface area contributed by atoms with Crippen molar-refractivity contribution in [3.63, 3.8) is 0 Å². The molecule has 0 aliphatic heterocycles. The number of rotatable bonds is 2. The van der Waals surface area contributed by atoms with Crippen LogP contribution in [-0.2, 0) is 0 Å². The van der Waals surface area contributed by atoms with Crippen LogP contribution in [0.25, 0.3) is 5.69 Å². The van der Waals surface area contributed by atoms with Crippen LogP contribution in [0.1, 0.15) is 0 Å². The number of hydrogen-bond acceptors (Lipinski definition) is 3. The molecule has 82 valence electrons. The summed E-state index contributed by atoms with van der Waals surface area (Å²) in [7, 11) is 1.60. The van der Waals surface area contributed by atoms with Crippen LogP contribution < -0.4 is 10.3 Å². The maximum Gasteiger partial charge on any atom is 0.272 e. The number of ether oxygens (including phenoxy) is 1. The summed E-state index contributed by atoms with van der Waals surface area (Å²) in [5, 5.41) is 4.02. The highest BCUT2D eigenvalue weighted by molar-refractivity contribution is 9.10. The van der Waals surface area contributed by atoms with Crippen LogP contribution in [0.15, 0.2) is 45.8 Å². The first kappa shape index (κ1) is 10.9. The lowest BCUT2D eigenvalue weighted by atomic mass is 10.3. The third-order valence-corrected chi connectivity index (χ3v) is 2.52. The van der Waals surface area contributed by atoms with E-state index in [-0.39, 0.29) is 5.56 Å². The van der Waals surface area contributed by atoms with E-state index in [9.17, 15) is 4.79 Å². The van der Waals surface area contributed by atoms with E-state index >= 15 is 0 Å². The van der Waals surface area contributed by atoms with Gasteiger partial charge in [0.2, 0.25) is 0 Å². The number of hydrogen-bond donors (Lipinski definition) is 0. The highest BCUT2D eigenvalue weighted by Gasteiger charge is 2.01. The molecule has 1 aromatic carbocycles. The molecule has 4 nitrogen and oxygen atoms in total. The average molecular weight is 281 g/mol. The van der Waals surface area contributed by atoms with Crippen molar-refractivity contribution < 1.29 is 4.74 Å². The fourth-order valence-corrected chi connectivity index (χ4v) is 1.59. The number of benzene rings is 1. The number of aromatic nitrogens is 2. The van der Waals surface area contributed by atoms with Gasteiger partial charge in [0.1, 0.15) is 5.75 Å². The molecule has 0 radical (unpaired) electrons. The Kier molecular flexibility index (Phi) is 3.05. The van der Waals surface area contributed by atoms with Crippen molar-refractivity contribution in [3.05, 3.63) is 51.4 Å². The SMILES string of the molecule is COc1ccc(-n2ncc(Br)cc2=O)cc1. The van der Waals surface area contributed by atoms with Crippen molar-refractivity contribution in [1.82, 2.24) is 9.78 Å². The summed E-state index contributed by atoms with van der Waals surface area (Å²) in [5.74, 6) is 0.744. The highest BCUT2D eigenvalue weighted by Crippen LogP contribution is 2.13. The molecule has 1 heterocycles. The third kappa shape index (κ3) is 2.14. The maximum atomic E-state index is 11.6. The molecule has 0 saturated carbocycles. The lowest BCUT2D eigenvalue weighted by Gasteiger charge is -2.05. The van der Waals surface area contributed by atoms with Gasteiger partial charge in [-0.05, 0) is 40.2 Å². The molecular weight excluding hydrogens is 272 g/mol. The highest BCUT2D eigenvalue weighted by atomic mass is 79.9. The van der Waals surface area contributed by atoms with E-state index in [0.717, 1.165) is 5.75 Å². The van der Waals surface area contributed by atoms with Crippen LogP contribution in [0.3, 0.4) is 0 Å². The van der Waals surface area contributed by atoms with Crippen molar-refractivity contribution >= 4 is 15.9 Å². The van der Waals surface area contributed by atoms with Crippen LogP contribution in [0, 0.1) is 0 Å². The fraction of sp³-hybridized carbons (Fsp3) is 0.0909. The zero-order chi connectivity index (χ0) is 11.5. The predicted molar refractivity (Wildman–Crippen MR) is 64.1 cm³/mol. The van der Waals surface area contributed by atoms with Gasteiger partial charge < -0.3 is 4.74 Å². The summed E-state index contributed by atoms with van der Waals surface area (Å²) in [6.45, 7) is 0. The molecule has 0 aliphatic carbocycles. The molecule has 16 heavy (non-hydrogen) atoms. The largest absolute Gasteiger partial charge is 0.497 e. The van der Waals surface area contributed by atoms with E-state index in [1.54, 1.807) is 37.6 Å². The molecular formula is C11H9BrN2O2. The van der Waals surface area contributed by atoms with Crippen molar-refractivity contribution in [2.45, 2.75) is 0 Å². The molecule has 0 amide bonds. The van der Waals surface area contributed by atoms with Gasteiger partial charge in [-0.2, -0.15) is 9.78 Å². The summed E-state index contributed by atoms with van der Waals surface area (Å²) in [5.41, 5.74) is 0.526. The number of methoxy groups -OCH3 is 1. The van der Waals surface area contributed by atoms with E-state index in [1.165, 1.54) is 10.7 Å². The second-order valence-corrected chi connectivity index (χ2v) is 4.04. The van der Waals surface area contributed by atoms with Gasteiger partial charge >= 0.3 is 0 Å². The van der Waals surface area contributed by atoms with Gasteiger partial charge in [0.05, 0.1) is 19.0 Å². The molecule has 0 unspecified atom stereocenters. The van der Waals surface area contributed by atoms with Gasteiger partial charge in [0.25, 0.3) is 5.56 Å². The molecule has 5 heteroatoms. The Morgan fingerprint density at radius 1 is 1.31 bits per heavy atom. The Morgan fingerprint density at radius 3 is 2.56 bits per heavy atom. The standard InChI is InChI=1S/C11H9BrN2O2/c1-16-10-4-2-9(3-5-10)14-11(15)6-8(12)7-13-14/h2-7H,1H3. The first-order chi connectivity index (χ1) is 7.70. The molecule has 0 bridgehead atoms. The third-order valence-electron chi connectivity index (χ3n) is 2.08. The van der Waals surface area contributed by atoms with Crippen LogP contribution in [0.4, 0.5) is 0 Å². The van der Waals surface area contributed by atoms with Gasteiger partial charge in [-0.15, -0.1) is 0 Å². The van der Waals surface area contributed by atoms with Crippen molar-refractivity contribution in [2.24, 2.45) is 0 Å². The molecule has 0 atom stereocenters. The van der Waals surface area contributed by atoms with Crippen LogP contribution in [-0.4, -0.2) is 16.9 Å². The molecule has 2 aromatic rings. The maximum absolute atomic E-state index is 11.6. The second-order valence-electron chi connectivity index (χ2n) is 3.12. The quantitative estimate of drug-likeness (QED) is 0.845.